The monoisotopic (exact) mass is 440 g/mol. The van der Waals surface area contributed by atoms with Gasteiger partial charge in [0, 0.05) is 23.0 Å². The Hall–Kier alpha value is -2.24. The minimum absolute atomic E-state index is 0.00515. The van der Waals surface area contributed by atoms with E-state index in [0.717, 1.165) is 35.7 Å². The summed E-state index contributed by atoms with van der Waals surface area (Å²) in [5, 5.41) is 0.624. The molecule has 2 aromatic rings. The Labute approximate surface area is 186 Å². The van der Waals surface area contributed by atoms with Crippen LogP contribution in [0.1, 0.15) is 25.8 Å². The minimum atomic E-state index is -0.148. The molecular formula is C24H25ClN2O2S. The number of carbonyl (C=O) groups is 2. The summed E-state index contributed by atoms with van der Waals surface area (Å²) in [6.45, 7) is 5.93. The fourth-order valence-electron chi connectivity index (χ4n) is 4.27. The Bertz CT molecular complexity index is 996. The lowest BCUT2D eigenvalue weighted by atomic mass is 9.92. The van der Waals surface area contributed by atoms with Gasteiger partial charge in [0.25, 0.3) is 5.91 Å². The molecule has 30 heavy (non-hydrogen) atoms. The standard InChI is InChI=1S/C24H25ClN2O2S/c1-16-10-17(2)14-26(13-16)23(28)15-27-20-8-3-4-9-21(20)30-22(24(27)29)12-18-6-5-7-19(25)11-18/h3-9,11-12,16-17H,10,13-15H2,1-2H3/b22-12+/t16-,17-/m1/s1. The van der Waals surface area contributed by atoms with Crippen molar-refractivity contribution in [1.82, 2.24) is 4.90 Å². The van der Waals surface area contributed by atoms with Crippen LogP contribution in [0.5, 0.6) is 0 Å². The Balaban J connectivity index is 1.62. The molecule has 2 amide bonds. The summed E-state index contributed by atoms with van der Waals surface area (Å²) in [5.74, 6) is 0.822. The van der Waals surface area contributed by atoms with E-state index in [1.54, 1.807) is 11.0 Å². The average Bonchev–Trinajstić information content (AvgIpc) is 2.70. The first-order valence-corrected chi connectivity index (χ1v) is 11.4. The lowest BCUT2D eigenvalue weighted by Crippen LogP contribution is -2.49. The molecule has 0 radical (unpaired) electrons. The molecular weight excluding hydrogens is 416 g/mol. The van der Waals surface area contributed by atoms with Crippen LogP contribution >= 0.6 is 23.4 Å². The van der Waals surface area contributed by atoms with Gasteiger partial charge in [0.15, 0.2) is 0 Å². The first-order valence-electron chi connectivity index (χ1n) is 10.2. The third kappa shape index (κ3) is 4.57. The van der Waals surface area contributed by atoms with Crippen molar-refractivity contribution in [3.63, 3.8) is 0 Å². The smallest absolute Gasteiger partial charge is 0.265 e. The summed E-state index contributed by atoms with van der Waals surface area (Å²) >= 11 is 7.54. The quantitative estimate of drug-likeness (QED) is 0.606. The van der Waals surface area contributed by atoms with E-state index in [2.05, 4.69) is 13.8 Å². The number of halogens is 1. The molecule has 0 aliphatic carbocycles. The first-order chi connectivity index (χ1) is 14.4. The van der Waals surface area contributed by atoms with Crippen LogP contribution in [0, 0.1) is 11.8 Å². The molecule has 0 bridgehead atoms. The summed E-state index contributed by atoms with van der Waals surface area (Å²) in [6.07, 6.45) is 2.98. The van der Waals surface area contributed by atoms with Crippen molar-refractivity contribution < 1.29 is 9.59 Å². The zero-order chi connectivity index (χ0) is 21.3. The largest absolute Gasteiger partial charge is 0.341 e. The number of piperidine rings is 1. The molecule has 4 nitrogen and oxygen atoms in total. The van der Waals surface area contributed by atoms with Gasteiger partial charge in [0.1, 0.15) is 6.54 Å². The fourth-order valence-corrected chi connectivity index (χ4v) is 5.53. The number of nitrogens with zero attached hydrogens (tertiary/aromatic N) is 2. The molecule has 0 saturated carbocycles. The van der Waals surface area contributed by atoms with Crippen molar-refractivity contribution in [3.05, 3.63) is 64.0 Å². The lowest BCUT2D eigenvalue weighted by Gasteiger charge is -2.37. The normalized spacial score (nSPS) is 22.9. The molecule has 0 N–H and O–H groups in total. The molecule has 2 atom stereocenters. The maximum Gasteiger partial charge on any atom is 0.265 e. The molecule has 4 rings (SSSR count). The topological polar surface area (TPSA) is 40.6 Å². The number of amides is 2. The maximum absolute atomic E-state index is 13.4. The fraction of sp³-hybridized carbons (Fsp3) is 0.333. The number of para-hydroxylation sites is 1. The van der Waals surface area contributed by atoms with E-state index < -0.39 is 0 Å². The molecule has 2 aromatic carbocycles. The van der Waals surface area contributed by atoms with E-state index in [4.69, 9.17) is 11.6 Å². The van der Waals surface area contributed by atoms with Crippen LogP contribution < -0.4 is 4.90 Å². The second-order valence-corrected chi connectivity index (χ2v) is 9.79. The summed E-state index contributed by atoms with van der Waals surface area (Å²) in [4.78, 5) is 31.6. The number of carbonyl (C=O) groups excluding carboxylic acids is 2. The third-order valence-corrected chi connectivity index (χ3v) is 6.81. The van der Waals surface area contributed by atoms with E-state index in [1.165, 1.54) is 11.8 Å². The summed E-state index contributed by atoms with van der Waals surface area (Å²) in [6, 6.07) is 15.2. The van der Waals surface area contributed by atoms with Gasteiger partial charge in [-0.1, -0.05) is 61.5 Å². The molecule has 0 spiro atoms. The lowest BCUT2D eigenvalue weighted by molar-refractivity contribution is -0.133. The summed E-state index contributed by atoms with van der Waals surface area (Å²) < 4.78 is 0. The zero-order valence-corrected chi connectivity index (χ0v) is 18.7. The van der Waals surface area contributed by atoms with Gasteiger partial charge in [-0.3, -0.25) is 14.5 Å². The molecule has 156 valence electrons. The van der Waals surface area contributed by atoms with Crippen LogP contribution in [-0.4, -0.2) is 36.3 Å². The van der Waals surface area contributed by atoms with Gasteiger partial charge in [0.05, 0.1) is 10.6 Å². The number of hydrogen-bond acceptors (Lipinski definition) is 3. The molecule has 0 aromatic heterocycles. The summed E-state index contributed by atoms with van der Waals surface area (Å²) in [5.41, 5.74) is 1.66. The van der Waals surface area contributed by atoms with Crippen LogP contribution in [0.3, 0.4) is 0 Å². The van der Waals surface area contributed by atoms with Crippen molar-refractivity contribution in [3.8, 4) is 0 Å². The van der Waals surface area contributed by atoms with Gasteiger partial charge < -0.3 is 4.90 Å². The van der Waals surface area contributed by atoms with Gasteiger partial charge in [-0.15, -0.1) is 0 Å². The minimum Gasteiger partial charge on any atom is -0.341 e. The Morgan fingerprint density at radius 2 is 1.87 bits per heavy atom. The number of likely N-dealkylation sites (tertiary alicyclic amines) is 1. The number of hydrogen-bond donors (Lipinski definition) is 0. The Kier molecular flexibility index (Phi) is 6.21. The van der Waals surface area contributed by atoms with Crippen molar-refractivity contribution in [2.75, 3.05) is 24.5 Å². The Morgan fingerprint density at radius 1 is 1.13 bits per heavy atom. The molecule has 2 aliphatic rings. The van der Waals surface area contributed by atoms with Crippen molar-refractivity contribution >= 4 is 46.9 Å². The number of thioether (sulfide) groups is 1. The average molecular weight is 441 g/mol. The maximum atomic E-state index is 13.4. The van der Waals surface area contributed by atoms with Crippen molar-refractivity contribution in [1.29, 1.82) is 0 Å². The second-order valence-electron chi connectivity index (χ2n) is 8.27. The van der Waals surface area contributed by atoms with E-state index in [0.29, 0.717) is 21.8 Å². The molecule has 2 aliphatic heterocycles. The number of anilines is 1. The SMILES string of the molecule is C[C@@H]1C[C@@H](C)CN(C(=O)CN2C(=O)/C(=C\c3cccc(Cl)c3)Sc3ccccc32)C1. The predicted molar refractivity (Wildman–Crippen MR) is 124 cm³/mol. The van der Waals surface area contributed by atoms with Crippen LogP contribution in [0.2, 0.25) is 5.02 Å². The molecule has 6 heteroatoms. The van der Waals surface area contributed by atoms with E-state index in [-0.39, 0.29) is 18.4 Å². The van der Waals surface area contributed by atoms with Gasteiger partial charge in [0.2, 0.25) is 5.91 Å². The third-order valence-electron chi connectivity index (χ3n) is 5.49. The predicted octanol–water partition coefficient (Wildman–Crippen LogP) is 5.32. The number of fused-ring (bicyclic) bond motifs is 1. The highest BCUT2D eigenvalue weighted by atomic mass is 35.5. The highest BCUT2D eigenvalue weighted by Crippen LogP contribution is 2.42. The second kappa shape index (κ2) is 8.86. The van der Waals surface area contributed by atoms with Crippen molar-refractivity contribution in [2.45, 2.75) is 25.2 Å². The highest BCUT2D eigenvalue weighted by molar-refractivity contribution is 8.04. The van der Waals surface area contributed by atoms with Gasteiger partial charge in [-0.05, 0) is 54.2 Å². The van der Waals surface area contributed by atoms with E-state index in [1.807, 2.05) is 53.4 Å². The van der Waals surface area contributed by atoms with E-state index >= 15 is 0 Å². The number of rotatable bonds is 3. The van der Waals surface area contributed by atoms with Crippen LogP contribution in [0.25, 0.3) is 6.08 Å². The molecule has 0 unspecified atom stereocenters. The van der Waals surface area contributed by atoms with Gasteiger partial charge in [-0.2, -0.15) is 0 Å². The van der Waals surface area contributed by atoms with Crippen LogP contribution in [-0.2, 0) is 9.59 Å². The number of benzene rings is 2. The van der Waals surface area contributed by atoms with Crippen LogP contribution in [0.4, 0.5) is 5.69 Å². The molecule has 1 saturated heterocycles. The first kappa shape index (κ1) is 21.0. The van der Waals surface area contributed by atoms with Gasteiger partial charge in [-0.25, -0.2) is 0 Å². The highest BCUT2D eigenvalue weighted by Gasteiger charge is 2.33. The molecule has 1 fully saturated rings. The zero-order valence-electron chi connectivity index (χ0n) is 17.2. The van der Waals surface area contributed by atoms with Gasteiger partial charge >= 0.3 is 0 Å². The van der Waals surface area contributed by atoms with Crippen molar-refractivity contribution in [2.24, 2.45) is 11.8 Å². The molecule has 2 heterocycles. The summed E-state index contributed by atoms with van der Waals surface area (Å²) in [7, 11) is 0. The Morgan fingerprint density at radius 3 is 2.60 bits per heavy atom. The van der Waals surface area contributed by atoms with E-state index in [9.17, 15) is 9.59 Å². The van der Waals surface area contributed by atoms with Crippen LogP contribution in [0.15, 0.2) is 58.3 Å².